The van der Waals surface area contributed by atoms with E-state index in [1.807, 2.05) is 60.7 Å². The number of halogens is 3. The van der Waals surface area contributed by atoms with Crippen LogP contribution < -0.4 is 10.6 Å². The highest BCUT2D eigenvalue weighted by molar-refractivity contribution is 7.96. The zero-order valence-electron chi connectivity index (χ0n) is 16.8. The highest BCUT2D eigenvalue weighted by Crippen LogP contribution is 2.60. The average molecular weight is 468 g/mol. The van der Waals surface area contributed by atoms with Crippen molar-refractivity contribution in [2.24, 2.45) is 11.8 Å². The Morgan fingerprint density at radius 3 is 1.90 bits per heavy atom. The Hall–Kier alpha value is -1.85. The molecule has 0 heterocycles. The van der Waals surface area contributed by atoms with E-state index in [-0.39, 0.29) is 12.3 Å². The predicted molar refractivity (Wildman–Crippen MR) is 117 cm³/mol. The number of hydrogen-bond donors (Lipinski definition) is 0. The van der Waals surface area contributed by atoms with E-state index in [1.165, 1.54) is 6.08 Å². The summed E-state index contributed by atoms with van der Waals surface area (Å²) in [5.74, 6) is -1.13. The predicted octanol–water partition coefficient (Wildman–Crippen LogP) is 5.40. The molecule has 2 aliphatic carbocycles. The summed E-state index contributed by atoms with van der Waals surface area (Å²) in [6.45, 7) is 0. The maximum absolute atomic E-state index is 14.8. The van der Waals surface area contributed by atoms with Crippen molar-refractivity contribution < 1.29 is 26.2 Å². The summed E-state index contributed by atoms with van der Waals surface area (Å²) < 4.78 is 79.7. The zero-order valence-corrected chi connectivity index (χ0v) is 18.5. The standard InChI is InChI=1S/C23H24F3O3PS/c24-23(25,26)31(28,29)22-16-8-15-21(19-13-7-14-20(19)22)30(27,17-9-3-1-4-10-17)18-11-5-2-6-12-18/h1-6,9-12,16,19-21H,7-8,13-15H2/t19-,20+,21-/m1/s1. The van der Waals surface area contributed by atoms with Crippen molar-refractivity contribution in [2.45, 2.75) is 43.3 Å². The molecular weight excluding hydrogens is 444 g/mol. The molecule has 2 aromatic carbocycles. The SMILES string of the molecule is O=P(c1ccccc1)(c1ccccc1)[C@@H]1CCC=C(S(=O)(=O)C(F)(F)F)[C@H]2CCC[C@H]21. The highest BCUT2D eigenvalue weighted by Gasteiger charge is 2.55. The molecule has 166 valence electrons. The van der Waals surface area contributed by atoms with Gasteiger partial charge in [0, 0.05) is 16.3 Å². The van der Waals surface area contributed by atoms with Gasteiger partial charge in [-0.3, -0.25) is 0 Å². The smallest absolute Gasteiger partial charge is 0.313 e. The third-order valence-corrected chi connectivity index (χ3v) is 12.0. The van der Waals surface area contributed by atoms with Crippen molar-refractivity contribution in [2.75, 3.05) is 0 Å². The Balaban J connectivity index is 1.84. The summed E-state index contributed by atoms with van der Waals surface area (Å²) in [7, 11) is -8.63. The van der Waals surface area contributed by atoms with Crippen LogP contribution in [0.2, 0.25) is 0 Å². The first-order chi connectivity index (χ1) is 14.7. The lowest BCUT2D eigenvalue weighted by Crippen LogP contribution is -2.35. The second-order valence-corrected chi connectivity index (χ2v) is 13.2. The molecule has 31 heavy (non-hydrogen) atoms. The van der Waals surface area contributed by atoms with Crippen LogP contribution in [0.25, 0.3) is 0 Å². The monoisotopic (exact) mass is 468 g/mol. The van der Waals surface area contributed by atoms with Crippen molar-refractivity contribution >= 4 is 27.6 Å². The summed E-state index contributed by atoms with van der Waals surface area (Å²) in [6, 6.07) is 18.1. The van der Waals surface area contributed by atoms with Gasteiger partial charge in [-0.1, -0.05) is 73.2 Å². The number of benzene rings is 2. The van der Waals surface area contributed by atoms with Crippen molar-refractivity contribution in [3.63, 3.8) is 0 Å². The summed E-state index contributed by atoms with van der Waals surface area (Å²) >= 11 is 0. The second kappa shape index (κ2) is 8.25. The Morgan fingerprint density at radius 2 is 1.39 bits per heavy atom. The van der Waals surface area contributed by atoms with Gasteiger partial charge in [-0.25, -0.2) is 8.42 Å². The van der Waals surface area contributed by atoms with Crippen LogP contribution in [-0.2, 0) is 14.4 Å². The largest absolute Gasteiger partial charge is 0.501 e. The van der Waals surface area contributed by atoms with Crippen molar-refractivity contribution in [1.29, 1.82) is 0 Å². The Bertz CT molecular complexity index is 1070. The normalized spacial score (nSPS) is 24.9. The van der Waals surface area contributed by atoms with Crippen LogP contribution in [-0.4, -0.2) is 19.6 Å². The summed E-state index contributed by atoms with van der Waals surface area (Å²) in [5.41, 5.74) is -5.74. The molecule has 1 fully saturated rings. The van der Waals surface area contributed by atoms with Gasteiger partial charge in [0.05, 0.1) is 4.91 Å². The first kappa shape index (κ1) is 22.3. The molecule has 0 bridgehead atoms. The molecular formula is C23H24F3O3PS. The third-order valence-electron chi connectivity index (χ3n) is 6.60. The molecule has 1 saturated carbocycles. The summed E-state index contributed by atoms with van der Waals surface area (Å²) in [4.78, 5) is -0.516. The van der Waals surface area contributed by atoms with Gasteiger partial charge in [-0.05, 0) is 37.5 Å². The van der Waals surface area contributed by atoms with E-state index in [0.29, 0.717) is 36.3 Å². The number of rotatable bonds is 4. The molecule has 2 aromatic rings. The first-order valence-electron chi connectivity index (χ1n) is 10.4. The molecule has 4 rings (SSSR count). The number of allylic oxidation sites excluding steroid dienone is 2. The zero-order chi connectivity index (χ0) is 22.3. The minimum absolute atomic E-state index is 0.159. The van der Waals surface area contributed by atoms with E-state index in [1.54, 1.807) is 0 Å². The third kappa shape index (κ3) is 3.80. The maximum Gasteiger partial charge on any atom is 0.501 e. The van der Waals surface area contributed by atoms with E-state index in [9.17, 15) is 26.2 Å². The molecule has 8 heteroatoms. The van der Waals surface area contributed by atoms with Gasteiger partial charge < -0.3 is 4.57 Å². The highest BCUT2D eigenvalue weighted by atomic mass is 32.2. The van der Waals surface area contributed by atoms with E-state index < -0.39 is 39.0 Å². The van der Waals surface area contributed by atoms with E-state index in [0.717, 1.165) is 0 Å². The van der Waals surface area contributed by atoms with Gasteiger partial charge in [0.1, 0.15) is 7.14 Å². The van der Waals surface area contributed by atoms with E-state index >= 15 is 0 Å². The van der Waals surface area contributed by atoms with Gasteiger partial charge in [0.25, 0.3) is 9.84 Å². The minimum atomic E-state index is -5.40. The van der Waals surface area contributed by atoms with Crippen LogP contribution in [0, 0.1) is 11.8 Å². The van der Waals surface area contributed by atoms with Gasteiger partial charge in [0.15, 0.2) is 0 Å². The van der Waals surface area contributed by atoms with E-state index in [4.69, 9.17) is 0 Å². The Labute approximate surface area is 180 Å². The summed E-state index contributed by atoms with van der Waals surface area (Å²) in [5, 5.41) is 1.33. The van der Waals surface area contributed by atoms with Gasteiger partial charge in [-0.15, -0.1) is 0 Å². The molecule has 0 radical (unpaired) electrons. The summed E-state index contributed by atoms with van der Waals surface area (Å²) in [6.07, 6.45) is 3.35. The van der Waals surface area contributed by atoms with Crippen LogP contribution in [0.5, 0.6) is 0 Å². The fourth-order valence-electron chi connectivity index (χ4n) is 5.29. The van der Waals surface area contributed by atoms with Gasteiger partial charge in [0.2, 0.25) is 0 Å². The van der Waals surface area contributed by atoms with Crippen molar-refractivity contribution in [1.82, 2.24) is 0 Å². The van der Waals surface area contributed by atoms with Crippen molar-refractivity contribution in [3.8, 4) is 0 Å². The number of alkyl halides is 3. The van der Waals surface area contributed by atoms with Crippen molar-refractivity contribution in [3.05, 3.63) is 71.6 Å². The maximum atomic E-state index is 14.8. The van der Waals surface area contributed by atoms with E-state index in [2.05, 4.69) is 0 Å². The number of sulfone groups is 1. The number of hydrogen-bond acceptors (Lipinski definition) is 3. The Kier molecular flexibility index (Phi) is 5.95. The fraction of sp³-hybridized carbons (Fsp3) is 0.391. The minimum Gasteiger partial charge on any atom is -0.313 e. The first-order valence-corrected chi connectivity index (χ1v) is 13.7. The van der Waals surface area contributed by atoms with Crippen LogP contribution in [0.4, 0.5) is 13.2 Å². The van der Waals surface area contributed by atoms with Crippen LogP contribution in [0.1, 0.15) is 32.1 Å². The van der Waals surface area contributed by atoms with Crippen LogP contribution in [0.15, 0.2) is 71.6 Å². The lowest BCUT2D eigenvalue weighted by atomic mass is 9.92. The second-order valence-electron chi connectivity index (χ2n) is 8.23. The topological polar surface area (TPSA) is 51.2 Å². The van der Waals surface area contributed by atoms with Crippen LogP contribution in [0.3, 0.4) is 0 Å². The molecule has 0 amide bonds. The quantitative estimate of drug-likeness (QED) is 0.565. The molecule has 0 N–H and O–H groups in total. The lowest BCUT2D eigenvalue weighted by Gasteiger charge is -2.35. The molecule has 0 aliphatic heterocycles. The van der Waals surface area contributed by atoms with Crippen LogP contribution >= 0.6 is 7.14 Å². The van der Waals surface area contributed by atoms with Gasteiger partial charge >= 0.3 is 5.51 Å². The molecule has 0 saturated heterocycles. The molecule has 0 unspecified atom stereocenters. The molecule has 3 atom stereocenters. The molecule has 3 nitrogen and oxygen atoms in total. The Morgan fingerprint density at radius 1 is 0.839 bits per heavy atom. The molecule has 0 aromatic heterocycles. The molecule has 2 aliphatic rings. The average Bonchev–Trinajstić information content (AvgIpc) is 3.14. The number of fused-ring (bicyclic) bond motifs is 1. The molecule has 0 spiro atoms. The lowest BCUT2D eigenvalue weighted by molar-refractivity contribution is -0.0429. The van der Waals surface area contributed by atoms with Gasteiger partial charge in [-0.2, -0.15) is 13.2 Å². The fourth-order valence-corrected chi connectivity index (χ4v) is 10.3.